The SMILES string of the molecule is O=C1c2ccccc2C(=O)c2c(NCNc3cccc4c3C(=O)c3ccccc3C4=O)cccc21. The van der Waals surface area contributed by atoms with Crippen molar-refractivity contribution in [3.63, 3.8) is 0 Å². The lowest BCUT2D eigenvalue weighted by atomic mass is 9.83. The smallest absolute Gasteiger partial charge is 0.196 e. The minimum atomic E-state index is -0.215. The Morgan fingerprint density at radius 2 is 0.743 bits per heavy atom. The summed E-state index contributed by atoms with van der Waals surface area (Å²) in [6.07, 6.45) is 0. The lowest BCUT2D eigenvalue weighted by Gasteiger charge is -2.22. The molecular weight excluding hydrogens is 440 g/mol. The molecule has 0 heterocycles. The summed E-state index contributed by atoms with van der Waals surface area (Å²) < 4.78 is 0. The molecule has 6 rings (SSSR count). The van der Waals surface area contributed by atoms with Crippen molar-refractivity contribution >= 4 is 34.5 Å². The van der Waals surface area contributed by atoms with Crippen molar-refractivity contribution in [3.8, 4) is 0 Å². The Bertz CT molecular complexity index is 1480. The first-order valence-corrected chi connectivity index (χ1v) is 11.2. The molecule has 4 aromatic rings. The number of hydrogen-bond donors (Lipinski definition) is 2. The van der Waals surface area contributed by atoms with Gasteiger partial charge < -0.3 is 10.6 Å². The molecule has 0 radical (unpaired) electrons. The second-order valence-electron chi connectivity index (χ2n) is 8.39. The van der Waals surface area contributed by atoms with Crippen molar-refractivity contribution in [2.45, 2.75) is 0 Å². The van der Waals surface area contributed by atoms with Crippen LogP contribution >= 0.6 is 0 Å². The van der Waals surface area contributed by atoms with E-state index in [0.29, 0.717) is 55.9 Å². The van der Waals surface area contributed by atoms with E-state index >= 15 is 0 Å². The molecule has 0 atom stereocenters. The second-order valence-corrected chi connectivity index (χ2v) is 8.39. The van der Waals surface area contributed by atoms with Crippen LogP contribution in [0.15, 0.2) is 84.9 Å². The Morgan fingerprint density at radius 1 is 0.400 bits per heavy atom. The molecule has 2 aliphatic rings. The molecule has 0 bridgehead atoms. The van der Waals surface area contributed by atoms with Crippen LogP contribution in [0.5, 0.6) is 0 Å². The number of hydrogen-bond acceptors (Lipinski definition) is 6. The third-order valence-electron chi connectivity index (χ3n) is 6.46. The highest BCUT2D eigenvalue weighted by Gasteiger charge is 2.32. The monoisotopic (exact) mass is 458 g/mol. The van der Waals surface area contributed by atoms with E-state index in [0.717, 1.165) is 0 Å². The summed E-state index contributed by atoms with van der Waals surface area (Å²) in [5, 5.41) is 6.35. The van der Waals surface area contributed by atoms with Crippen molar-refractivity contribution in [2.24, 2.45) is 0 Å². The topological polar surface area (TPSA) is 92.3 Å². The van der Waals surface area contributed by atoms with E-state index in [1.807, 2.05) is 0 Å². The van der Waals surface area contributed by atoms with Crippen LogP contribution in [0.3, 0.4) is 0 Å². The van der Waals surface area contributed by atoms with Gasteiger partial charge in [-0.05, 0) is 12.1 Å². The highest BCUT2D eigenvalue weighted by molar-refractivity contribution is 6.31. The van der Waals surface area contributed by atoms with Gasteiger partial charge in [-0.15, -0.1) is 0 Å². The highest BCUT2D eigenvalue weighted by Crippen LogP contribution is 2.33. The summed E-state index contributed by atoms with van der Waals surface area (Å²) in [6, 6.07) is 23.8. The van der Waals surface area contributed by atoms with E-state index in [4.69, 9.17) is 0 Å². The van der Waals surface area contributed by atoms with Gasteiger partial charge in [0.15, 0.2) is 23.1 Å². The maximum absolute atomic E-state index is 13.2. The molecule has 2 N–H and O–H groups in total. The summed E-state index contributed by atoms with van der Waals surface area (Å²) in [6.45, 7) is 0.166. The van der Waals surface area contributed by atoms with Crippen molar-refractivity contribution in [1.82, 2.24) is 0 Å². The molecular formula is C29H18N2O4. The zero-order valence-electron chi connectivity index (χ0n) is 18.4. The zero-order valence-corrected chi connectivity index (χ0v) is 18.4. The third kappa shape index (κ3) is 3.11. The van der Waals surface area contributed by atoms with Crippen LogP contribution in [0.1, 0.15) is 63.7 Å². The summed E-state index contributed by atoms with van der Waals surface area (Å²) in [5.41, 5.74) is 3.96. The molecule has 0 aliphatic heterocycles. The fraction of sp³-hybridized carbons (Fsp3) is 0.0345. The Balaban J connectivity index is 1.29. The van der Waals surface area contributed by atoms with Crippen LogP contribution in [0.25, 0.3) is 0 Å². The van der Waals surface area contributed by atoms with E-state index < -0.39 is 0 Å². The van der Waals surface area contributed by atoms with Crippen LogP contribution < -0.4 is 10.6 Å². The molecule has 2 aliphatic carbocycles. The Labute approximate surface area is 200 Å². The van der Waals surface area contributed by atoms with Gasteiger partial charge in [0.25, 0.3) is 0 Å². The fourth-order valence-electron chi connectivity index (χ4n) is 4.82. The maximum Gasteiger partial charge on any atom is 0.196 e. The number of anilines is 2. The molecule has 6 nitrogen and oxygen atoms in total. The van der Waals surface area contributed by atoms with Crippen LogP contribution in [0, 0.1) is 0 Å². The molecule has 0 unspecified atom stereocenters. The number of ketones is 4. The van der Waals surface area contributed by atoms with Crippen molar-refractivity contribution < 1.29 is 19.2 Å². The maximum atomic E-state index is 13.2. The van der Waals surface area contributed by atoms with Crippen molar-refractivity contribution in [3.05, 3.63) is 129 Å². The lowest BCUT2D eigenvalue weighted by Crippen LogP contribution is -2.25. The molecule has 168 valence electrons. The number of rotatable bonds is 4. The number of carbonyl (C=O) groups excluding carboxylic acids is 4. The first-order valence-electron chi connectivity index (χ1n) is 11.2. The van der Waals surface area contributed by atoms with E-state index in [2.05, 4.69) is 10.6 Å². The molecule has 0 fully saturated rings. The Morgan fingerprint density at radius 3 is 1.14 bits per heavy atom. The summed E-state index contributed by atoms with van der Waals surface area (Å²) >= 11 is 0. The van der Waals surface area contributed by atoms with Gasteiger partial charge in [-0.1, -0.05) is 72.8 Å². The van der Waals surface area contributed by atoms with Gasteiger partial charge in [-0.2, -0.15) is 0 Å². The number of fused-ring (bicyclic) bond motifs is 4. The second kappa shape index (κ2) is 7.88. The summed E-state index contributed by atoms with van der Waals surface area (Å²) in [4.78, 5) is 52.3. The van der Waals surface area contributed by atoms with E-state index in [-0.39, 0.29) is 29.8 Å². The molecule has 35 heavy (non-hydrogen) atoms. The van der Waals surface area contributed by atoms with Crippen LogP contribution in [-0.2, 0) is 0 Å². The van der Waals surface area contributed by atoms with E-state index in [1.165, 1.54) is 0 Å². The standard InChI is InChI=1S/C29H18N2O4/c32-26-16-7-1-3-9-18(16)28(34)24-20(26)11-5-13-22(24)30-15-31-23-14-6-12-21-25(23)29(35)19-10-4-2-8-17(19)27(21)33/h1-14,30-31H,15H2. The van der Waals surface area contributed by atoms with Gasteiger partial charge >= 0.3 is 0 Å². The van der Waals surface area contributed by atoms with Crippen LogP contribution in [-0.4, -0.2) is 29.8 Å². The zero-order chi connectivity index (χ0) is 24.1. The minimum Gasteiger partial charge on any atom is -0.367 e. The number of nitrogens with one attached hydrogen (secondary N) is 2. The Kier molecular flexibility index (Phi) is 4.67. The van der Waals surface area contributed by atoms with Gasteiger partial charge in [0, 0.05) is 44.8 Å². The normalized spacial score (nSPS) is 13.5. The van der Waals surface area contributed by atoms with Gasteiger partial charge in [0.2, 0.25) is 0 Å². The summed E-state index contributed by atoms with van der Waals surface area (Å²) in [5.74, 6) is -0.807. The molecule has 0 saturated carbocycles. The molecule has 0 amide bonds. The van der Waals surface area contributed by atoms with Gasteiger partial charge in [-0.3, -0.25) is 19.2 Å². The average molecular weight is 458 g/mol. The first kappa shape index (κ1) is 20.7. The molecule has 0 spiro atoms. The van der Waals surface area contributed by atoms with Crippen LogP contribution in [0.2, 0.25) is 0 Å². The van der Waals surface area contributed by atoms with E-state index in [9.17, 15) is 19.2 Å². The quantitative estimate of drug-likeness (QED) is 0.372. The molecule has 0 aromatic heterocycles. The van der Waals surface area contributed by atoms with Gasteiger partial charge in [-0.25, -0.2) is 0 Å². The predicted octanol–water partition coefficient (Wildman–Crippen LogP) is 4.72. The van der Waals surface area contributed by atoms with Crippen LogP contribution in [0.4, 0.5) is 11.4 Å². The van der Waals surface area contributed by atoms with Gasteiger partial charge in [0.05, 0.1) is 17.8 Å². The Hall–Kier alpha value is -4.84. The molecule has 4 aromatic carbocycles. The number of carbonyl (C=O) groups is 4. The molecule has 0 saturated heterocycles. The lowest BCUT2D eigenvalue weighted by molar-refractivity contribution is 0.0979. The van der Waals surface area contributed by atoms with E-state index in [1.54, 1.807) is 84.9 Å². The minimum absolute atomic E-state index is 0.166. The fourth-order valence-corrected chi connectivity index (χ4v) is 4.82. The van der Waals surface area contributed by atoms with Crippen molar-refractivity contribution in [2.75, 3.05) is 17.3 Å². The predicted molar refractivity (Wildman–Crippen MR) is 132 cm³/mol. The van der Waals surface area contributed by atoms with Gasteiger partial charge in [0.1, 0.15) is 0 Å². The average Bonchev–Trinajstić information content (AvgIpc) is 2.90. The largest absolute Gasteiger partial charge is 0.367 e. The van der Waals surface area contributed by atoms with Crippen molar-refractivity contribution in [1.29, 1.82) is 0 Å². The number of benzene rings is 4. The third-order valence-corrected chi connectivity index (χ3v) is 6.46. The summed E-state index contributed by atoms with van der Waals surface area (Å²) in [7, 11) is 0. The first-order chi connectivity index (χ1) is 17.1. The molecule has 6 heteroatoms. The highest BCUT2D eigenvalue weighted by atomic mass is 16.1.